The van der Waals surface area contributed by atoms with Crippen LogP contribution in [-0.2, 0) is 0 Å². The summed E-state index contributed by atoms with van der Waals surface area (Å²) in [5, 5.41) is 0.394. The van der Waals surface area contributed by atoms with Gasteiger partial charge in [-0.3, -0.25) is 0 Å². The molecule has 0 rings (SSSR count). The van der Waals surface area contributed by atoms with E-state index in [4.69, 9.17) is 11.6 Å². The van der Waals surface area contributed by atoms with E-state index in [1.807, 2.05) is 0 Å². The molecule has 62 valence electrons. The van der Waals surface area contributed by atoms with Crippen molar-refractivity contribution in [2.45, 2.75) is 48.8 Å². The van der Waals surface area contributed by atoms with E-state index in [0.29, 0.717) is 9.30 Å². The zero-order chi connectivity index (χ0) is 7.98. The number of rotatable bonds is 5. The molecule has 0 aromatic carbocycles. The third kappa shape index (κ3) is 4.78. The zero-order valence-corrected chi connectivity index (χ0v) is 9.65. The fourth-order valence-corrected chi connectivity index (χ4v) is 2.24. The Morgan fingerprint density at radius 2 is 1.70 bits per heavy atom. The molecule has 0 aliphatic carbocycles. The SMILES string of the molecule is CCCC(Cl)C(I)CCC. The molecule has 0 aromatic heterocycles. The minimum Gasteiger partial charge on any atom is -0.122 e. The van der Waals surface area contributed by atoms with Gasteiger partial charge >= 0.3 is 0 Å². The van der Waals surface area contributed by atoms with E-state index in [2.05, 4.69) is 36.4 Å². The Kier molecular flexibility index (Phi) is 7.40. The van der Waals surface area contributed by atoms with E-state index in [1.54, 1.807) is 0 Å². The average Bonchev–Trinajstić information content (AvgIpc) is 1.89. The highest BCUT2D eigenvalue weighted by Gasteiger charge is 2.13. The lowest BCUT2D eigenvalue weighted by molar-refractivity contribution is 0.663. The molecule has 0 heterocycles. The fraction of sp³-hybridized carbons (Fsp3) is 1.00. The van der Waals surface area contributed by atoms with E-state index in [9.17, 15) is 0 Å². The second-order valence-electron chi connectivity index (χ2n) is 2.61. The third-order valence-electron chi connectivity index (χ3n) is 1.52. The van der Waals surface area contributed by atoms with Crippen LogP contribution < -0.4 is 0 Å². The van der Waals surface area contributed by atoms with Crippen molar-refractivity contribution in [3.05, 3.63) is 0 Å². The highest BCUT2D eigenvalue weighted by Crippen LogP contribution is 2.21. The van der Waals surface area contributed by atoms with Gasteiger partial charge in [-0.05, 0) is 12.8 Å². The van der Waals surface area contributed by atoms with Crippen molar-refractivity contribution in [3.63, 3.8) is 0 Å². The summed E-state index contributed by atoms with van der Waals surface area (Å²) in [7, 11) is 0. The Labute approximate surface area is 82.9 Å². The number of halogens is 2. The van der Waals surface area contributed by atoms with Crippen LogP contribution in [0.25, 0.3) is 0 Å². The first-order chi connectivity index (χ1) is 4.72. The molecule has 0 amide bonds. The van der Waals surface area contributed by atoms with Crippen LogP contribution in [0.15, 0.2) is 0 Å². The molecule has 10 heavy (non-hydrogen) atoms. The van der Waals surface area contributed by atoms with Gasteiger partial charge in [0.2, 0.25) is 0 Å². The second kappa shape index (κ2) is 6.71. The molecule has 0 aromatic rings. The van der Waals surface area contributed by atoms with Gasteiger partial charge in [0.1, 0.15) is 0 Å². The Balaban J connectivity index is 3.38. The summed E-state index contributed by atoms with van der Waals surface area (Å²) in [6.45, 7) is 4.39. The van der Waals surface area contributed by atoms with Crippen molar-refractivity contribution in [2.75, 3.05) is 0 Å². The maximum atomic E-state index is 6.10. The minimum absolute atomic E-state index is 0.394. The molecule has 2 heteroatoms. The summed E-state index contributed by atoms with van der Waals surface area (Å²) in [5.41, 5.74) is 0. The summed E-state index contributed by atoms with van der Waals surface area (Å²) < 4.78 is 0.671. The van der Waals surface area contributed by atoms with Crippen molar-refractivity contribution in [1.29, 1.82) is 0 Å². The quantitative estimate of drug-likeness (QED) is 0.525. The molecule has 0 radical (unpaired) electrons. The van der Waals surface area contributed by atoms with Crippen molar-refractivity contribution in [2.24, 2.45) is 0 Å². The van der Waals surface area contributed by atoms with Crippen LogP contribution in [0, 0.1) is 0 Å². The molecule has 0 nitrogen and oxygen atoms in total. The topological polar surface area (TPSA) is 0 Å². The predicted octanol–water partition coefficient (Wildman–Crippen LogP) is 4.00. The number of hydrogen-bond acceptors (Lipinski definition) is 0. The van der Waals surface area contributed by atoms with Crippen LogP contribution in [0.2, 0.25) is 0 Å². The molecule has 0 saturated carbocycles. The van der Waals surface area contributed by atoms with Gasteiger partial charge in [-0.25, -0.2) is 0 Å². The Bertz CT molecular complexity index is 65.7. The van der Waals surface area contributed by atoms with Gasteiger partial charge in [0, 0.05) is 9.30 Å². The predicted molar refractivity (Wildman–Crippen MR) is 57.3 cm³/mol. The first kappa shape index (κ1) is 11.0. The van der Waals surface area contributed by atoms with Gasteiger partial charge in [-0.1, -0.05) is 49.3 Å². The van der Waals surface area contributed by atoms with E-state index in [-0.39, 0.29) is 0 Å². The maximum absolute atomic E-state index is 6.10. The lowest BCUT2D eigenvalue weighted by Crippen LogP contribution is -2.13. The van der Waals surface area contributed by atoms with Crippen LogP contribution in [0.5, 0.6) is 0 Å². The highest BCUT2D eigenvalue weighted by molar-refractivity contribution is 14.1. The van der Waals surface area contributed by atoms with Gasteiger partial charge in [-0.2, -0.15) is 0 Å². The molecule has 0 aliphatic rings. The highest BCUT2D eigenvalue weighted by atomic mass is 127. The first-order valence-electron chi connectivity index (χ1n) is 4.00. The summed E-state index contributed by atoms with van der Waals surface area (Å²) in [6.07, 6.45) is 4.88. The van der Waals surface area contributed by atoms with Crippen molar-refractivity contribution >= 4 is 34.2 Å². The number of hydrogen-bond donors (Lipinski definition) is 0. The lowest BCUT2D eigenvalue weighted by atomic mass is 10.1. The molecule has 0 saturated heterocycles. The van der Waals surface area contributed by atoms with E-state index in [1.165, 1.54) is 19.3 Å². The van der Waals surface area contributed by atoms with Crippen molar-refractivity contribution < 1.29 is 0 Å². The van der Waals surface area contributed by atoms with Gasteiger partial charge in [0.25, 0.3) is 0 Å². The number of alkyl halides is 2. The standard InChI is InChI=1S/C8H16ClI/c1-3-5-7(9)8(10)6-4-2/h7-8H,3-6H2,1-2H3. The molecular weight excluding hydrogens is 258 g/mol. The Morgan fingerprint density at radius 3 is 2.10 bits per heavy atom. The van der Waals surface area contributed by atoms with Crippen molar-refractivity contribution in [1.82, 2.24) is 0 Å². The van der Waals surface area contributed by atoms with E-state index in [0.717, 1.165) is 6.42 Å². The minimum atomic E-state index is 0.394. The van der Waals surface area contributed by atoms with Gasteiger partial charge in [0.05, 0.1) is 0 Å². The summed E-state index contributed by atoms with van der Waals surface area (Å²) in [6, 6.07) is 0. The molecular formula is C8H16ClI. The van der Waals surface area contributed by atoms with Gasteiger partial charge < -0.3 is 0 Å². The Morgan fingerprint density at radius 1 is 1.20 bits per heavy atom. The third-order valence-corrected chi connectivity index (χ3v) is 3.96. The molecule has 0 N–H and O–H groups in total. The largest absolute Gasteiger partial charge is 0.122 e. The normalized spacial score (nSPS) is 16.8. The van der Waals surface area contributed by atoms with E-state index < -0.39 is 0 Å². The average molecular weight is 275 g/mol. The van der Waals surface area contributed by atoms with Gasteiger partial charge in [0.15, 0.2) is 0 Å². The Hall–Kier alpha value is 1.02. The monoisotopic (exact) mass is 274 g/mol. The first-order valence-corrected chi connectivity index (χ1v) is 5.68. The van der Waals surface area contributed by atoms with Crippen LogP contribution in [-0.4, -0.2) is 9.30 Å². The van der Waals surface area contributed by atoms with Crippen LogP contribution in [0.1, 0.15) is 39.5 Å². The van der Waals surface area contributed by atoms with Crippen molar-refractivity contribution in [3.8, 4) is 0 Å². The maximum Gasteiger partial charge on any atom is 0.0453 e. The lowest BCUT2D eigenvalue weighted by Gasteiger charge is -2.13. The van der Waals surface area contributed by atoms with E-state index >= 15 is 0 Å². The summed E-state index contributed by atoms with van der Waals surface area (Å²) in [4.78, 5) is 0. The zero-order valence-electron chi connectivity index (χ0n) is 6.74. The smallest absolute Gasteiger partial charge is 0.0453 e. The molecule has 2 atom stereocenters. The van der Waals surface area contributed by atoms with Crippen LogP contribution >= 0.6 is 34.2 Å². The molecule has 0 aliphatic heterocycles. The van der Waals surface area contributed by atoms with Crippen LogP contribution in [0.4, 0.5) is 0 Å². The van der Waals surface area contributed by atoms with Gasteiger partial charge in [-0.15, -0.1) is 11.6 Å². The fourth-order valence-electron chi connectivity index (χ4n) is 0.913. The summed E-state index contributed by atoms with van der Waals surface area (Å²) in [5.74, 6) is 0. The molecule has 0 bridgehead atoms. The molecule has 2 unspecified atom stereocenters. The summed E-state index contributed by atoms with van der Waals surface area (Å²) >= 11 is 8.56. The second-order valence-corrected chi connectivity index (χ2v) is 4.77. The van der Waals surface area contributed by atoms with Crippen LogP contribution in [0.3, 0.4) is 0 Å². The molecule has 0 fully saturated rings. The molecule has 0 spiro atoms.